The molecule has 1 aromatic heterocycles. The van der Waals surface area contributed by atoms with E-state index in [1.165, 1.54) is 39.4 Å². The lowest BCUT2D eigenvalue weighted by Crippen LogP contribution is -2.14. The molecule has 1 atom stereocenters. The van der Waals surface area contributed by atoms with E-state index in [0.29, 0.717) is 11.7 Å². The molecule has 0 spiro atoms. The van der Waals surface area contributed by atoms with Crippen LogP contribution in [-0.2, 0) is 12.8 Å². The van der Waals surface area contributed by atoms with Crippen LogP contribution in [0.4, 0.5) is 0 Å². The van der Waals surface area contributed by atoms with E-state index in [9.17, 15) is 5.11 Å². The lowest BCUT2D eigenvalue weighted by molar-refractivity contribution is 0.475. The van der Waals surface area contributed by atoms with Crippen LogP contribution in [0.1, 0.15) is 24.6 Å². The summed E-state index contributed by atoms with van der Waals surface area (Å²) in [4.78, 5) is 5.06. The van der Waals surface area contributed by atoms with Crippen LogP contribution in [0.25, 0.3) is 32.8 Å². The fourth-order valence-electron chi connectivity index (χ4n) is 4.36. The smallest absolute Gasteiger partial charge is 0.116 e. The summed E-state index contributed by atoms with van der Waals surface area (Å²) in [6.07, 6.45) is 3.27. The Bertz CT molecular complexity index is 1150. The average Bonchev–Trinajstić information content (AvgIpc) is 2.66. The van der Waals surface area contributed by atoms with Gasteiger partial charge in [-0.3, -0.25) is 4.98 Å². The second-order valence-electron chi connectivity index (χ2n) is 7.49. The van der Waals surface area contributed by atoms with Gasteiger partial charge in [0.2, 0.25) is 0 Å². The number of nitrogens with zero attached hydrogens (tertiary/aromatic N) is 1. The Hall–Kier alpha value is -2.87. The third-order valence-corrected chi connectivity index (χ3v) is 5.63. The lowest BCUT2D eigenvalue weighted by Gasteiger charge is -2.25. The Kier molecular flexibility index (Phi) is 3.46. The standard InChI is InChI=1S/C24H21NO/c1-15-9-11-20-22(13-15)25-21-12-10-16-5-2-3-8-19(16)24(21)23(20)17-6-4-7-18(26)14-17/h2-8,10,12,14-15,26H,9,11,13H2,1H3/t15-/m1/s1. The summed E-state index contributed by atoms with van der Waals surface area (Å²) >= 11 is 0. The number of aromatic hydroxyl groups is 1. The molecule has 0 saturated carbocycles. The SMILES string of the molecule is C[C@@H]1CCc2c(nc3ccc4ccccc4c3c2-c2cccc(O)c2)C1. The molecule has 0 saturated heterocycles. The van der Waals surface area contributed by atoms with E-state index < -0.39 is 0 Å². The van der Waals surface area contributed by atoms with Gasteiger partial charge in [-0.25, -0.2) is 0 Å². The number of hydrogen-bond acceptors (Lipinski definition) is 2. The monoisotopic (exact) mass is 339 g/mol. The van der Waals surface area contributed by atoms with Crippen LogP contribution in [0, 0.1) is 5.92 Å². The van der Waals surface area contributed by atoms with Crippen LogP contribution < -0.4 is 0 Å². The quantitative estimate of drug-likeness (QED) is 0.439. The highest BCUT2D eigenvalue weighted by Crippen LogP contribution is 2.41. The Labute approximate surface area is 153 Å². The highest BCUT2D eigenvalue weighted by molar-refractivity contribution is 6.14. The van der Waals surface area contributed by atoms with Gasteiger partial charge in [-0.2, -0.15) is 0 Å². The molecule has 2 nitrogen and oxygen atoms in total. The van der Waals surface area contributed by atoms with E-state index in [0.717, 1.165) is 23.9 Å². The highest BCUT2D eigenvalue weighted by atomic mass is 16.3. The molecule has 4 aromatic rings. The van der Waals surface area contributed by atoms with E-state index in [-0.39, 0.29) is 0 Å². The van der Waals surface area contributed by atoms with Gasteiger partial charge in [-0.05, 0) is 70.8 Å². The summed E-state index contributed by atoms with van der Waals surface area (Å²) in [6.45, 7) is 2.31. The fourth-order valence-corrected chi connectivity index (χ4v) is 4.36. The minimum absolute atomic E-state index is 0.311. The van der Waals surface area contributed by atoms with Crippen LogP contribution in [-0.4, -0.2) is 10.1 Å². The van der Waals surface area contributed by atoms with Gasteiger partial charge in [-0.15, -0.1) is 0 Å². The Morgan fingerprint density at radius 2 is 1.88 bits per heavy atom. The van der Waals surface area contributed by atoms with Crippen LogP contribution >= 0.6 is 0 Å². The minimum Gasteiger partial charge on any atom is -0.508 e. The van der Waals surface area contributed by atoms with Gasteiger partial charge in [0.25, 0.3) is 0 Å². The summed E-state index contributed by atoms with van der Waals surface area (Å²) < 4.78 is 0. The molecule has 3 aromatic carbocycles. The predicted octanol–water partition coefficient (Wildman–Crippen LogP) is 5.89. The van der Waals surface area contributed by atoms with Gasteiger partial charge in [0, 0.05) is 11.1 Å². The molecule has 1 aliphatic carbocycles. The first-order valence-corrected chi connectivity index (χ1v) is 9.33. The Balaban J connectivity index is 1.96. The molecule has 2 heteroatoms. The van der Waals surface area contributed by atoms with Crippen molar-refractivity contribution in [1.29, 1.82) is 0 Å². The van der Waals surface area contributed by atoms with Crippen molar-refractivity contribution in [3.05, 3.63) is 71.9 Å². The zero-order valence-electron chi connectivity index (χ0n) is 14.9. The van der Waals surface area contributed by atoms with Crippen molar-refractivity contribution in [2.75, 3.05) is 0 Å². The molecule has 128 valence electrons. The number of fused-ring (bicyclic) bond motifs is 4. The first-order valence-electron chi connectivity index (χ1n) is 9.33. The number of hydrogen-bond donors (Lipinski definition) is 1. The first kappa shape index (κ1) is 15.4. The van der Waals surface area contributed by atoms with Gasteiger partial charge < -0.3 is 5.11 Å². The second kappa shape index (κ2) is 5.84. The third kappa shape index (κ3) is 2.37. The van der Waals surface area contributed by atoms with Crippen molar-refractivity contribution >= 4 is 21.7 Å². The molecular weight excluding hydrogens is 318 g/mol. The van der Waals surface area contributed by atoms with Gasteiger partial charge in [0.05, 0.1) is 5.52 Å². The summed E-state index contributed by atoms with van der Waals surface area (Å²) in [5.41, 5.74) is 5.97. The highest BCUT2D eigenvalue weighted by Gasteiger charge is 2.23. The number of benzene rings is 3. The van der Waals surface area contributed by atoms with Crippen molar-refractivity contribution in [2.24, 2.45) is 5.92 Å². The van der Waals surface area contributed by atoms with Gasteiger partial charge in [0.1, 0.15) is 5.75 Å². The van der Waals surface area contributed by atoms with Crippen LogP contribution in [0.15, 0.2) is 60.7 Å². The van der Waals surface area contributed by atoms with Crippen molar-refractivity contribution in [1.82, 2.24) is 4.98 Å². The second-order valence-corrected chi connectivity index (χ2v) is 7.49. The van der Waals surface area contributed by atoms with Crippen molar-refractivity contribution in [3.63, 3.8) is 0 Å². The minimum atomic E-state index is 0.311. The maximum absolute atomic E-state index is 10.1. The molecule has 26 heavy (non-hydrogen) atoms. The number of pyridine rings is 1. The van der Waals surface area contributed by atoms with Gasteiger partial charge in [0.15, 0.2) is 0 Å². The number of phenols is 1. The molecule has 0 fully saturated rings. The molecule has 5 rings (SSSR count). The zero-order valence-corrected chi connectivity index (χ0v) is 14.9. The molecule has 0 amide bonds. The molecule has 0 unspecified atom stereocenters. The largest absolute Gasteiger partial charge is 0.508 e. The van der Waals surface area contributed by atoms with Gasteiger partial charge >= 0.3 is 0 Å². The van der Waals surface area contributed by atoms with Crippen LogP contribution in [0.5, 0.6) is 5.75 Å². The number of rotatable bonds is 1. The maximum atomic E-state index is 10.1. The third-order valence-electron chi connectivity index (χ3n) is 5.63. The van der Waals surface area contributed by atoms with E-state index in [4.69, 9.17) is 4.98 Å². The van der Waals surface area contributed by atoms with Gasteiger partial charge in [-0.1, -0.05) is 49.4 Å². The Morgan fingerprint density at radius 1 is 1.00 bits per heavy atom. The fraction of sp³-hybridized carbons (Fsp3) is 0.208. The summed E-state index contributed by atoms with van der Waals surface area (Å²) in [5, 5.41) is 13.8. The van der Waals surface area contributed by atoms with E-state index in [1.807, 2.05) is 12.1 Å². The number of aromatic nitrogens is 1. The van der Waals surface area contributed by atoms with Crippen molar-refractivity contribution in [2.45, 2.75) is 26.2 Å². The zero-order chi connectivity index (χ0) is 17.7. The van der Waals surface area contributed by atoms with E-state index in [1.54, 1.807) is 6.07 Å². The number of phenolic OH excluding ortho intramolecular Hbond substituents is 1. The normalized spacial score (nSPS) is 16.7. The molecule has 0 bridgehead atoms. The van der Waals surface area contributed by atoms with Crippen LogP contribution in [0.3, 0.4) is 0 Å². The first-order chi connectivity index (χ1) is 12.7. The van der Waals surface area contributed by atoms with E-state index in [2.05, 4.69) is 49.4 Å². The van der Waals surface area contributed by atoms with Crippen molar-refractivity contribution < 1.29 is 5.11 Å². The van der Waals surface area contributed by atoms with Crippen LogP contribution in [0.2, 0.25) is 0 Å². The molecule has 1 aliphatic rings. The summed E-state index contributed by atoms with van der Waals surface area (Å²) in [5.74, 6) is 0.982. The molecular formula is C24H21NO. The maximum Gasteiger partial charge on any atom is 0.116 e. The molecule has 0 radical (unpaired) electrons. The summed E-state index contributed by atoms with van der Waals surface area (Å²) in [6, 6.07) is 20.5. The lowest BCUT2D eigenvalue weighted by atomic mass is 9.82. The average molecular weight is 339 g/mol. The van der Waals surface area contributed by atoms with E-state index >= 15 is 0 Å². The molecule has 1 heterocycles. The molecule has 0 aliphatic heterocycles. The summed E-state index contributed by atoms with van der Waals surface area (Å²) in [7, 11) is 0. The predicted molar refractivity (Wildman–Crippen MR) is 108 cm³/mol. The molecule has 1 N–H and O–H groups in total. The topological polar surface area (TPSA) is 33.1 Å². The van der Waals surface area contributed by atoms with Crippen molar-refractivity contribution in [3.8, 4) is 16.9 Å². The Morgan fingerprint density at radius 3 is 2.77 bits per heavy atom.